The minimum absolute atomic E-state index is 0.0917. The molecule has 8 nitrogen and oxygen atoms in total. The molecule has 4 aromatic rings. The van der Waals surface area contributed by atoms with Gasteiger partial charge in [-0.25, -0.2) is 4.98 Å². The first-order valence-electron chi connectivity index (χ1n) is 13.9. The number of hydrogen-bond donors (Lipinski definition) is 3. The fraction of sp³-hybridized carbons (Fsp3) is 0.312. The van der Waals surface area contributed by atoms with Gasteiger partial charge >= 0.3 is 6.18 Å². The Bertz CT molecular complexity index is 1650. The molecule has 43 heavy (non-hydrogen) atoms. The molecule has 3 heterocycles. The first kappa shape index (κ1) is 29.8. The lowest BCUT2D eigenvalue weighted by molar-refractivity contribution is -0.136. The number of rotatable bonds is 7. The van der Waals surface area contributed by atoms with Gasteiger partial charge in [-0.15, -0.1) is 0 Å². The number of carbonyl (C=O) groups is 2. The summed E-state index contributed by atoms with van der Waals surface area (Å²) in [5.74, 6) is -0.215. The van der Waals surface area contributed by atoms with Gasteiger partial charge in [0, 0.05) is 35.5 Å². The van der Waals surface area contributed by atoms with Crippen LogP contribution in [0, 0.1) is 5.41 Å². The van der Waals surface area contributed by atoms with E-state index >= 15 is 0 Å². The molecule has 1 fully saturated rings. The second kappa shape index (κ2) is 11.9. The summed E-state index contributed by atoms with van der Waals surface area (Å²) >= 11 is 0. The molecule has 1 aliphatic carbocycles. The Labute approximate surface area is 246 Å². The first-order valence-corrected chi connectivity index (χ1v) is 13.9. The molecule has 3 aromatic heterocycles. The number of anilines is 1. The van der Waals surface area contributed by atoms with Crippen molar-refractivity contribution in [3.8, 4) is 11.3 Å². The standard InChI is InChI=1S/C32H32F3N5O3/c1-31(2)11-9-23(10-12-31)40-30(42)20-5-6-26(37-17-20)21-13-22-14-24(43-29(22)25(15-21)32(33,34)35)18-39-28(41)8-4-19-3-7-27(36)38-16-19/h3-8,13-17,23H,9-12,18H2,1-2H3,(H2,36,38)(H,39,41)(H,40,42). The third-order valence-corrected chi connectivity index (χ3v) is 7.64. The van der Waals surface area contributed by atoms with Crippen molar-refractivity contribution in [3.05, 3.63) is 83.4 Å². The van der Waals surface area contributed by atoms with Crippen molar-refractivity contribution in [2.45, 2.75) is 58.3 Å². The van der Waals surface area contributed by atoms with E-state index in [4.69, 9.17) is 10.2 Å². The van der Waals surface area contributed by atoms with Gasteiger partial charge in [0.25, 0.3) is 5.91 Å². The van der Waals surface area contributed by atoms with Gasteiger partial charge in [-0.2, -0.15) is 13.2 Å². The number of furan rings is 1. The molecule has 1 saturated carbocycles. The van der Waals surface area contributed by atoms with Crippen molar-refractivity contribution >= 4 is 34.7 Å². The molecule has 0 radical (unpaired) electrons. The maximum atomic E-state index is 14.0. The smallest absolute Gasteiger partial charge is 0.420 e. The zero-order valence-electron chi connectivity index (χ0n) is 23.8. The number of halogens is 3. The number of carbonyl (C=O) groups excluding carboxylic acids is 2. The zero-order chi connectivity index (χ0) is 30.8. The lowest BCUT2D eigenvalue weighted by Gasteiger charge is -2.34. The second-order valence-corrected chi connectivity index (χ2v) is 11.6. The van der Waals surface area contributed by atoms with Crippen molar-refractivity contribution in [3.63, 3.8) is 0 Å². The van der Waals surface area contributed by atoms with E-state index in [1.54, 1.807) is 24.3 Å². The van der Waals surface area contributed by atoms with Gasteiger partial charge in [-0.05, 0) is 85.2 Å². The van der Waals surface area contributed by atoms with Crippen molar-refractivity contribution < 1.29 is 27.2 Å². The predicted molar refractivity (Wildman–Crippen MR) is 157 cm³/mol. The van der Waals surface area contributed by atoms with Gasteiger partial charge in [0.15, 0.2) is 0 Å². The van der Waals surface area contributed by atoms with E-state index in [-0.39, 0.29) is 51.9 Å². The number of fused-ring (bicyclic) bond motifs is 1. The van der Waals surface area contributed by atoms with Gasteiger partial charge < -0.3 is 20.8 Å². The number of amides is 2. The van der Waals surface area contributed by atoms with Crippen molar-refractivity contribution in [2.75, 3.05) is 5.73 Å². The summed E-state index contributed by atoms with van der Waals surface area (Å²) in [6.07, 6.45) is 4.85. The molecule has 0 aliphatic heterocycles. The second-order valence-electron chi connectivity index (χ2n) is 11.6. The molecule has 0 spiro atoms. The Morgan fingerprint density at radius 2 is 1.84 bits per heavy atom. The van der Waals surface area contributed by atoms with Gasteiger partial charge in [0.05, 0.1) is 23.4 Å². The van der Waals surface area contributed by atoms with E-state index in [2.05, 4.69) is 34.4 Å². The number of pyridine rings is 2. The molecule has 4 N–H and O–H groups in total. The number of benzene rings is 1. The maximum Gasteiger partial charge on any atom is 0.420 e. The van der Waals surface area contributed by atoms with E-state index in [9.17, 15) is 22.8 Å². The number of nitrogens with two attached hydrogens (primary N) is 1. The summed E-state index contributed by atoms with van der Waals surface area (Å²) < 4.78 is 47.6. The summed E-state index contributed by atoms with van der Waals surface area (Å²) in [5, 5.41) is 5.85. The lowest BCUT2D eigenvalue weighted by atomic mass is 9.75. The monoisotopic (exact) mass is 591 g/mol. The number of nitrogens with one attached hydrogen (secondary N) is 2. The Morgan fingerprint density at radius 3 is 2.49 bits per heavy atom. The van der Waals surface area contributed by atoms with Gasteiger partial charge in [0.2, 0.25) is 5.91 Å². The Balaban J connectivity index is 1.30. The molecule has 0 saturated heterocycles. The number of aromatic nitrogens is 2. The van der Waals surface area contributed by atoms with Crippen LogP contribution in [0.25, 0.3) is 28.3 Å². The largest absolute Gasteiger partial charge is 0.459 e. The third-order valence-electron chi connectivity index (χ3n) is 7.64. The molecule has 1 aliphatic rings. The van der Waals surface area contributed by atoms with E-state index < -0.39 is 17.6 Å². The van der Waals surface area contributed by atoms with Crippen LogP contribution in [0.4, 0.5) is 19.0 Å². The molecular weight excluding hydrogens is 559 g/mol. The average Bonchev–Trinajstić information content (AvgIpc) is 3.39. The maximum absolute atomic E-state index is 14.0. The van der Waals surface area contributed by atoms with Crippen LogP contribution in [0.3, 0.4) is 0 Å². The van der Waals surface area contributed by atoms with Crippen molar-refractivity contribution in [1.82, 2.24) is 20.6 Å². The quantitative estimate of drug-likeness (QED) is 0.210. The van der Waals surface area contributed by atoms with Crippen LogP contribution in [0.1, 0.15) is 66.8 Å². The average molecular weight is 592 g/mol. The molecule has 0 bridgehead atoms. The predicted octanol–water partition coefficient (Wildman–Crippen LogP) is 6.52. The molecule has 0 atom stereocenters. The van der Waals surface area contributed by atoms with E-state index in [1.165, 1.54) is 36.7 Å². The summed E-state index contributed by atoms with van der Waals surface area (Å²) in [6, 6.07) is 10.4. The van der Waals surface area contributed by atoms with Crippen LogP contribution in [-0.4, -0.2) is 27.8 Å². The van der Waals surface area contributed by atoms with Crippen LogP contribution in [0.2, 0.25) is 0 Å². The molecule has 1 aromatic carbocycles. The van der Waals surface area contributed by atoms with Crippen LogP contribution < -0.4 is 16.4 Å². The molecular formula is C32H32F3N5O3. The number of alkyl halides is 3. The number of nitrogen functional groups attached to an aromatic ring is 1. The first-order chi connectivity index (χ1) is 20.4. The normalized spacial score (nSPS) is 15.6. The van der Waals surface area contributed by atoms with Crippen LogP contribution in [-0.2, 0) is 17.5 Å². The van der Waals surface area contributed by atoms with Crippen molar-refractivity contribution in [2.24, 2.45) is 5.41 Å². The topological polar surface area (TPSA) is 123 Å². The fourth-order valence-corrected chi connectivity index (χ4v) is 5.08. The highest BCUT2D eigenvalue weighted by Gasteiger charge is 2.35. The van der Waals surface area contributed by atoms with E-state index in [0.29, 0.717) is 16.9 Å². The minimum Gasteiger partial charge on any atom is -0.459 e. The summed E-state index contributed by atoms with van der Waals surface area (Å²) in [6.45, 7) is 4.32. The van der Waals surface area contributed by atoms with Crippen molar-refractivity contribution in [1.29, 1.82) is 0 Å². The highest BCUT2D eigenvalue weighted by molar-refractivity contribution is 5.95. The highest BCUT2D eigenvalue weighted by Crippen LogP contribution is 2.39. The molecule has 0 unspecified atom stereocenters. The van der Waals surface area contributed by atoms with Gasteiger partial charge in [-0.1, -0.05) is 13.8 Å². The third kappa shape index (κ3) is 7.40. The lowest BCUT2D eigenvalue weighted by Crippen LogP contribution is -2.39. The zero-order valence-corrected chi connectivity index (χ0v) is 23.8. The Hall–Kier alpha value is -4.67. The summed E-state index contributed by atoms with van der Waals surface area (Å²) in [5.41, 5.74) is 6.02. The summed E-state index contributed by atoms with van der Waals surface area (Å²) in [4.78, 5) is 33.2. The Kier molecular flexibility index (Phi) is 8.25. The number of nitrogens with zero attached hydrogens (tertiary/aromatic N) is 2. The van der Waals surface area contributed by atoms with Crippen LogP contribution in [0.5, 0.6) is 0 Å². The van der Waals surface area contributed by atoms with Crippen LogP contribution >= 0.6 is 0 Å². The molecule has 5 rings (SSSR count). The van der Waals surface area contributed by atoms with Gasteiger partial charge in [-0.3, -0.25) is 14.6 Å². The molecule has 224 valence electrons. The minimum atomic E-state index is -4.70. The highest BCUT2D eigenvalue weighted by atomic mass is 19.4. The fourth-order valence-electron chi connectivity index (χ4n) is 5.08. The van der Waals surface area contributed by atoms with Gasteiger partial charge in [0.1, 0.15) is 17.2 Å². The number of hydrogen-bond acceptors (Lipinski definition) is 6. The van der Waals surface area contributed by atoms with Crippen LogP contribution in [0.15, 0.2) is 65.4 Å². The molecule has 11 heteroatoms. The summed E-state index contributed by atoms with van der Waals surface area (Å²) in [7, 11) is 0. The van der Waals surface area contributed by atoms with E-state index in [1.807, 2.05) is 0 Å². The Morgan fingerprint density at radius 1 is 1.07 bits per heavy atom. The SMILES string of the molecule is CC1(C)CCC(NC(=O)c2ccc(-c3cc(C(F)(F)F)c4oc(CNC(=O)C=Cc5ccc(N)nc5)cc4c3)nc2)CC1. The van der Waals surface area contributed by atoms with E-state index in [0.717, 1.165) is 31.7 Å². The molecule has 2 amide bonds.